The van der Waals surface area contributed by atoms with E-state index in [-0.39, 0.29) is 5.69 Å². The molecular formula is C4H3N2OS2. The summed E-state index contributed by atoms with van der Waals surface area (Å²) in [6, 6.07) is 0. The van der Waals surface area contributed by atoms with Gasteiger partial charge < -0.3 is 5.73 Å². The normalized spacial score (nSPS) is 9.33. The van der Waals surface area contributed by atoms with Crippen LogP contribution in [0.5, 0.6) is 0 Å². The maximum atomic E-state index is 10.3. The average molecular weight is 159 g/mol. The summed E-state index contributed by atoms with van der Waals surface area (Å²) in [4.78, 5) is 14.0. The Hall–Kier alpha value is -0.680. The second-order valence-electron chi connectivity index (χ2n) is 1.36. The van der Waals surface area contributed by atoms with Gasteiger partial charge in [0, 0.05) is 5.38 Å². The summed E-state index contributed by atoms with van der Waals surface area (Å²) in [5.41, 5.74) is 5.14. The van der Waals surface area contributed by atoms with Crippen LogP contribution in [0.25, 0.3) is 0 Å². The Kier molecular flexibility index (Phi) is 1.63. The summed E-state index contributed by atoms with van der Waals surface area (Å²) in [5, 5.41) is 1.55. The van der Waals surface area contributed by atoms with Crippen LogP contribution in [0.2, 0.25) is 0 Å². The quantitative estimate of drug-likeness (QED) is 0.658. The maximum Gasteiger partial charge on any atom is 0.268 e. The molecule has 0 saturated heterocycles. The van der Waals surface area contributed by atoms with Crippen LogP contribution in [0.15, 0.2) is 9.72 Å². The second kappa shape index (κ2) is 2.28. The van der Waals surface area contributed by atoms with E-state index in [0.717, 1.165) is 0 Å². The summed E-state index contributed by atoms with van der Waals surface area (Å²) >= 11 is 5.89. The number of aromatic nitrogens is 1. The van der Waals surface area contributed by atoms with Crippen molar-refractivity contribution in [3.8, 4) is 0 Å². The zero-order valence-corrected chi connectivity index (χ0v) is 5.96. The van der Waals surface area contributed by atoms with E-state index in [9.17, 15) is 4.79 Å². The molecule has 1 rings (SSSR count). The lowest BCUT2D eigenvalue weighted by Crippen LogP contribution is -2.10. The first-order valence-corrected chi connectivity index (χ1v) is 3.41. The van der Waals surface area contributed by atoms with Crippen molar-refractivity contribution in [3.63, 3.8) is 0 Å². The fourth-order valence-corrected chi connectivity index (χ4v) is 1.15. The molecule has 0 aromatic carbocycles. The van der Waals surface area contributed by atoms with E-state index in [4.69, 9.17) is 5.73 Å². The maximum absolute atomic E-state index is 10.3. The predicted molar refractivity (Wildman–Crippen MR) is 36.5 cm³/mol. The molecule has 0 unspecified atom stereocenters. The first kappa shape index (κ1) is 6.44. The molecule has 3 nitrogen and oxygen atoms in total. The fraction of sp³-hybridized carbons (Fsp3) is 0. The van der Waals surface area contributed by atoms with Gasteiger partial charge in [0.05, 0.1) is 0 Å². The Bertz CT molecular complexity index is 232. The van der Waals surface area contributed by atoms with Crippen molar-refractivity contribution in [2.24, 2.45) is 5.73 Å². The van der Waals surface area contributed by atoms with Crippen LogP contribution in [-0.4, -0.2) is 10.9 Å². The van der Waals surface area contributed by atoms with Crippen LogP contribution in [0, 0.1) is 0 Å². The third kappa shape index (κ3) is 1.36. The fourth-order valence-electron chi connectivity index (χ4n) is 0.370. The van der Waals surface area contributed by atoms with Crippen LogP contribution >= 0.6 is 24.0 Å². The van der Waals surface area contributed by atoms with Crippen LogP contribution < -0.4 is 5.73 Å². The highest BCUT2D eigenvalue weighted by molar-refractivity contribution is 7.82. The minimum Gasteiger partial charge on any atom is -0.364 e. The zero-order chi connectivity index (χ0) is 6.85. The molecule has 5 heteroatoms. The van der Waals surface area contributed by atoms with Gasteiger partial charge in [0.2, 0.25) is 0 Å². The molecule has 9 heavy (non-hydrogen) atoms. The van der Waals surface area contributed by atoms with Gasteiger partial charge in [0.15, 0.2) is 4.34 Å². The first-order chi connectivity index (χ1) is 4.20. The van der Waals surface area contributed by atoms with Gasteiger partial charge in [0.1, 0.15) is 5.69 Å². The zero-order valence-electron chi connectivity index (χ0n) is 4.33. The molecule has 0 aliphatic rings. The van der Waals surface area contributed by atoms with Gasteiger partial charge in [-0.05, 0) is 12.6 Å². The highest BCUT2D eigenvalue weighted by Gasteiger charge is 2.03. The molecule has 0 bridgehead atoms. The molecule has 0 aliphatic carbocycles. The lowest BCUT2D eigenvalue weighted by atomic mass is 10.5. The molecule has 1 aromatic heterocycles. The van der Waals surface area contributed by atoms with Crippen LogP contribution in [0.1, 0.15) is 10.5 Å². The van der Waals surface area contributed by atoms with Crippen LogP contribution in [-0.2, 0) is 0 Å². The van der Waals surface area contributed by atoms with Crippen molar-refractivity contribution in [1.29, 1.82) is 0 Å². The number of hydrogen-bond donors (Lipinski definition) is 1. The Morgan fingerprint density at radius 1 is 1.89 bits per heavy atom. The number of amides is 1. The summed E-state index contributed by atoms with van der Waals surface area (Å²) in [6.07, 6.45) is 0. The van der Waals surface area contributed by atoms with Gasteiger partial charge in [0.25, 0.3) is 5.91 Å². The molecule has 47 valence electrons. The Labute approximate surface area is 61.3 Å². The highest BCUT2D eigenvalue weighted by atomic mass is 32.2. The monoisotopic (exact) mass is 159 g/mol. The molecule has 0 saturated carbocycles. The number of nitrogens with zero attached hydrogens (tertiary/aromatic N) is 1. The summed E-state index contributed by atoms with van der Waals surface area (Å²) in [6.45, 7) is 0. The van der Waals surface area contributed by atoms with Gasteiger partial charge in [-0.3, -0.25) is 4.79 Å². The first-order valence-electron chi connectivity index (χ1n) is 2.12. The Morgan fingerprint density at radius 2 is 2.56 bits per heavy atom. The van der Waals surface area contributed by atoms with Gasteiger partial charge in [-0.1, -0.05) is 0 Å². The molecule has 0 aliphatic heterocycles. The Morgan fingerprint density at radius 3 is 2.78 bits per heavy atom. The third-order valence-electron chi connectivity index (χ3n) is 0.736. The van der Waals surface area contributed by atoms with E-state index in [0.29, 0.717) is 4.34 Å². The lowest BCUT2D eigenvalue weighted by molar-refractivity contribution is 0.0996. The van der Waals surface area contributed by atoms with Crippen molar-refractivity contribution in [2.45, 2.75) is 4.34 Å². The van der Waals surface area contributed by atoms with E-state index in [2.05, 4.69) is 17.6 Å². The summed E-state index contributed by atoms with van der Waals surface area (Å²) < 4.78 is 0.448. The molecule has 1 amide bonds. The molecule has 0 fully saturated rings. The SMILES string of the molecule is NC(=O)c1csc([S])n1. The second-order valence-corrected chi connectivity index (χ2v) is 2.87. The van der Waals surface area contributed by atoms with Crippen LogP contribution in [0.4, 0.5) is 0 Å². The van der Waals surface area contributed by atoms with E-state index < -0.39 is 5.91 Å². The van der Waals surface area contributed by atoms with Gasteiger partial charge in [-0.15, -0.1) is 11.3 Å². The Balaban J connectivity index is 2.98. The van der Waals surface area contributed by atoms with Crippen molar-refractivity contribution >= 4 is 29.9 Å². The number of nitrogens with two attached hydrogens (primary N) is 1. The molecule has 0 atom stereocenters. The summed E-state index contributed by atoms with van der Waals surface area (Å²) in [7, 11) is 0. The van der Waals surface area contributed by atoms with Crippen molar-refractivity contribution in [2.75, 3.05) is 0 Å². The molecule has 2 N–H and O–H groups in total. The molecule has 1 heterocycles. The molecule has 1 radical (unpaired) electrons. The average Bonchev–Trinajstić information content (AvgIpc) is 2.14. The van der Waals surface area contributed by atoms with Crippen molar-refractivity contribution in [3.05, 3.63) is 11.1 Å². The number of carbonyl (C=O) groups is 1. The highest BCUT2D eigenvalue weighted by Crippen LogP contribution is 2.11. The van der Waals surface area contributed by atoms with Crippen molar-refractivity contribution in [1.82, 2.24) is 4.98 Å². The topological polar surface area (TPSA) is 56.0 Å². The number of carbonyl (C=O) groups excluding carboxylic acids is 1. The minimum atomic E-state index is -0.526. The number of hydrogen-bond acceptors (Lipinski definition) is 3. The predicted octanol–water partition coefficient (Wildman–Crippen LogP) is 0.798. The van der Waals surface area contributed by atoms with Gasteiger partial charge >= 0.3 is 0 Å². The van der Waals surface area contributed by atoms with E-state index >= 15 is 0 Å². The number of rotatable bonds is 1. The molecular weight excluding hydrogens is 156 g/mol. The summed E-state index contributed by atoms with van der Waals surface area (Å²) in [5.74, 6) is -0.526. The van der Waals surface area contributed by atoms with Crippen molar-refractivity contribution < 1.29 is 4.79 Å². The van der Waals surface area contributed by atoms with Gasteiger partial charge in [-0.2, -0.15) is 0 Å². The smallest absolute Gasteiger partial charge is 0.268 e. The van der Waals surface area contributed by atoms with E-state index in [1.54, 1.807) is 5.38 Å². The van der Waals surface area contributed by atoms with E-state index in [1.165, 1.54) is 11.3 Å². The lowest BCUT2D eigenvalue weighted by Gasteiger charge is -1.79. The standard InChI is InChI=1S/C4H3N2OS2/c5-3(7)2-1-9-4(8)6-2/h1H,(H2,5,7). The molecule has 1 aromatic rings. The van der Waals surface area contributed by atoms with Crippen LogP contribution in [0.3, 0.4) is 0 Å². The minimum absolute atomic E-state index is 0.255. The van der Waals surface area contributed by atoms with Gasteiger partial charge in [-0.25, -0.2) is 4.98 Å². The third-order valence-corrected chi connectivity index (χ3v) is 1.75. The van der Waals surface area contributed by atoms with E-state index in [1.807, 2.05) is 0 Å². The number of thiazole rings is 1. The largest absolute Gasteiger partial charge is 0.364 e. The number of primary amides is 1. The molecule has 0 spiro atoms.